The number of rotatable bonds is 5. The first-order valence-electron chi connectivity index (χ1n) is 5.62. The molecule has 0 N–H and O–H groups in total. The number of thioether (sulfide) groups is 1. The number of hydrogen-bond donors (Lipinski definition) is 0. The molecule has 0 aliphatic heterocycles. The van der Waals surface area contributed by atoms with Crippen molar-refractivity contribution in [3.05, 3.63) is 29.3 Å². The molecular formula is C13H18ClNOS. The van der Waals surface area contributed by atoms with Crippen molar-refractivity contribution in [1.29, 1.82) is 0 Å². The summed E-state index contributed by atoms with van der Waals surface area (Å²) in [6.07, 6.45) is 0. The van der Waals surface area contributed by atoms with Gasteiger partial charge in [-0.15, -0.1) is 11.8 Å². The summed E-state index contributed by atoms with van der Waals surface area (Å²) in [5.41, 5.74) is 0. The van der Waals surface area contributed by atoms with Crippen molar-refractivity contribution in [2.45, 2.75) is 18.7 Å². The molecule has 0 saturated carbocycles. The van der Waals surface area contributed by atoms with Crippen LogP contribution in [0.4, 0.5) is 0 Å². The fraction of sp³-hybridized carbons (Fsp3) is 0.462. The smallest absolute Gasteiger partial charge is 0.232 e. The number of benzene rings is 1. The Balaban J connectivity index is 2.46. The standard InChI is InChI=1S/C13H18ClNOS/c1-10(2)8-15(3)13(16)9-17-12-7-5-4-6-11(12)14/h4-7,10H,8-9H2,1-3H3. The summed E-state index contributed by atoms with van der Waals surface area (Å²) >= 11 is 7.51. The summed E-state index contributed by atoms with van der Waals surface area (Å²) < 4.78 is 0. The third-order valence-corrected chi connectivity index (χ3v) is 3.75. The molecule has 1 aromatic carbocycles. The van der Waals surface area contributed by atoms with Crippen LogP contribution in [-0.2, 0) is 4.79 Å². The van der Waals surface area contributed by atoms with Crippen LogP contribution in [-0.4, -0.2) is 30.2 Å². The summed E-state index contributed by atoms with van der Waals surface area (Å²) in [4.78, 5) is 14.6. The lowest BCUT2D eigenvalue weighted by Gasteiger charge is -2.19. The van der Waals surface area contributed by atoms with Gasteiger partial charge in [0.05, 0.1) is 10.8 Å². The summed E-state index contributed by atoms with van der Waals surface area (Å²) in [5, 5.41) is 0.705. The van der Waals surface area contributed by atoms with Gasteiger partial charge in [-0.25, -0.2) is 0 Å². The molecule has 0 aromatic heterocycles. The first-order valence-corrected chi connectivity index (χ1v) is 6.98. The monoisotopic (exact) mass is 271 g/mol. The molecule has 0 fully saturated rings. The van der Waals surface area contributed by atoms with E-state index in [0.717, 1.165) is 11.4 Å². The van der Waals surface area contributed by atoms with E-state index in [-0.39, 0.29) is 5.91 Å². The minimum atomic E-state index is 0.142. The average Bonchev–Trinajstić information content (AvgIpc) is 2.26. The highest BCUT2D eigenvalue weighted by Crippen LogP contribution is 2.26. The van der Waals surface area contributed by atoms with Crippen LogP contribution in [0.15, 0.2) is 29.2 Å². The topological polar surface area (TPSA) is 20.3 Å². The minimum absolute atomic E-state index is 0.142. The van der Waals surface area contributed by atoms with Crippen molar-refractivity contribution in [2.75, 3.05) is 19.3 Å². The van der Waals surface area contributed by atoms with Gasteiger partial charge in [-0.3, -0.25) is 4.79 Å². The molecule has 1 aromatic rings. The van der Waals surface area contributed by atoms with E-state index in [2.05, 4.69) is 13.8 Å². The predicted molar refractivity (Wildman–Crippen MR) is 74.7 cm³/mol. The second-order valence-corrected chi connectivity index (χ2v) is 5.81. The Hall–Kier alpha value is -0.670. The van der Waals surface area contributed by atoms with Gasteiger partial charge in [-0.1, -0.05) is 37.6 Å². The first kappa shape index (κ1) is 14.4. The van der Waals surface area contributed by atoms with Crippen LogP contribution >= 0.6 is 23.4 Å². The lowest BCUT2D eigenvalue weighted by molar-refractivity contribution is -0.127. The average molecular weight is 272 g/mol. The van der Waals surface area contributed by atoms with Gasteiger partial charge >= 0.3 is 0 Å². The van der Waals surface area contributed by atoms with E-state index in [1.807, 2.05) is 31.3 Å². The highest BCUT2D eigenvalue weighted by atomic mass is 35.5. The Morgan fingerprint density at radius 1 is 1.41 bits per heavy atom. The molecule has 1 amide bonds. The van der Waals surface area contributed by atoms with Crippen LogP contribution < -0.4 is 0 Å². The largest absolute Gasteiger partial charge is 0.345 e. The maximum atomic E-state index is 11.8. The Kier molecular flexibility index (Phi) is 5.86. The molecule has 0 spiro atoms. The molecule has 0 aliphatic rings. The van der Waals surface area contributed by atoms with Crippen molar-refractivity contribution in [3.8, 4) is 0 Å². The summed E-state index contributed by atoms with van der Waals surface area (Å²) in [7, 11) is 1.84. The van der Waals surface area contributed by atoms with Crippen LogP contribution in [0.1, 0.15) is 13.8 Å². The summed E-state index contributed by atoms with van der Waals surface area (Å²) in [5.74, 6) is 1.07. The molecule has 1 rings (SSSR count). The molecule has 2 nitrogen and oxygen atoms in total. The number of carbonyl (C=O) groups excluding carboxylic acids is 1. The Morgan fingerprint density at radius 3 is 2.65 bits per heavy atom. The second-order valence-electron chi connectivity index (χ2n) is 4.39. The van der Waals surface area contributed by atoms with Crippen molar-refractivity contribution < 1.29 is 4.79 Å². The van der Waals surface area contributed by atoms with E-state index >= 15 is 0 Å². The van der Waals surface area contributed by atoms with Crippen molar-refractivity contribution in [1.82, 2.24) is 4.90 Å². The van der Waals surface area contributed by atoms with Gasteiger partial charge in [0, 0.05) is 18.5 Å². The van der Waals surface area contributed by atoms with Crippen LogP contribution in [0.3, 0.4) is 0 Å². The number of halogens is 1. The predicted octanol–water partition coefficient (Wildman–Crippen LogP) is 3.55. The molecule has 17 heavy (non-hydrogen) atoms. The first-order chi connectivity index (χ1) is 8.00. The maximum Gasteiger partial charge on any atom is 0.232 e. The van der Waals surface area contributed by atoms with E-state index in [1.54, 1.807) is 4.90 Å². The van der Waals surface area contributed by atoms with Crippen molar-refractivity contribution in [3.63, 3.8) is 0 Å². The van der Waals surface area contributed by atoms with E-state index in [9.17, 15) is 4.79 Å². The fourth-order valence-corrected chi connectivity index (χ4v) is 2.64. The van der Waals surface area contributed by atoms with Gasteiger partial charge in [0.15, 0.2) is 0 Å². The van der Waals surface area contributed by atoms with E-state index in [4.69, 9.17) is 11.6 Å². The van der Waals surface area contributed by atoms with Gasteiger partial charge in [-0.2, -0.15) is 0 Å². The number of carbonyl (C=O) groups is 1. The maximum absolute atomic E-state index is 11.8. The van der Waals surface area contributed by atoms with Gasteiger partial charge in [0.25, 0.3) is 0 Å². The molecule has 94 valence electrons. The number of nitrogens with zero attached hydrogens (tertiary/aromatic N) is 1. The molecule has 0 saturated heterocycles. The summed E-state index contributed by atoms with van der Waals surface area (Å²) in [6, 6.07) is 7.59. The van der Waals surface area contributed by atoms with Gasteiger partial charge in [0.1, 0.15) is 0 Å². The zero-order valence-corrected chi connectivity index (χ0v) is 12.0. The number of amides is 1. The fourth-order valence-electron chi connectivity index (χ4n) is 1.46. The van der Waals surface area contributed by atoms with Crippen molar-refractivity contribution in [2.24, 2.45) is 5.92 Å². The third kappa shape index (κ3) is 5.00. The van der Waals surface area contributed by atoms with Crippen LogP contribution in [0.2, 0.25) is 5.02 Å². The van der Waals surface area contributed by atoms with Crippen LogP contribution in [0.5, 0.6) is 0 Å². The van der Waals surface area contributed by atoms with Crippen LogP contribution in [0, 0.1) is 5.92 Å². The highest BCUT2D eigenvalue weighted by molar-refractivity contribution is 8.00. The number of hydrogen-bond acceptors (Lipinski definition) is 2. The normalized spacial score (nSPS) is 10.6. The van der Waals surface area contributed by atoms with Gasteiger partial charge in [0.2, 0.25) is 5.91 Å². The molecule has 0 unspecified atom stereocenters. The SMILES string of the molecule is CC(C)CN(C)C(=O)CSc1ccccc1Cl. The van der Waals surface area contributed by atoms with Crippen molar-refractivity contribution >= 4 is 29.3 Å². The van der Waals surface area contributed by atoms with E-state index in [0.29, 0.717) is 16.7 Å². The third-order valence-electron chi connectivity index (χ3n) is 2.25. The van der Waals surface area contributed by atoms with E-state index in [1.165, 1.54) is 11.8 Å². The zero-order valence-electron chi connectivity index (χ0n) is 10.4. The quantitative estimate of drug-likeness (QED) is 0.764. The molecule has 0 radical (unpaired) electrons. The Labute approximate surface area is 112 Å². The zero-order chi connectivity index (χ0) is 12.8. The minimum Gasteiger partial charge on any atom is -0.345 e. The second kappa shape index (κ2) is 6.92. The lowest BCUT2D eigenvalue weighted by atomic mass is 10.2. The highest BCUT2D eigenvalue weighted by Gasteiger charge is 2.11. The molecule has 0 aliphatic carbocycles. The summed E-state index contributed by atoms with van der Waals surface area (Å²) in [6.45, 7) is 5.00. The molecule has 0 atom stereocenters. The lowest BCUT2D eigenvalue weighted by Crippen LogP contribution is -2.31. The Bertz CT molecular complexity index is 381. The Morgan fingerprint density at radius 2 is 2.06 bits per heavy atom. The van der Waals surface area contributed by atoms with E-state index < -0.39 is 0 Å². The molecule has 4 heteroatoms. The molecule has 0 bridgehead atoms. The van der Waals surface area contributed by atoms with Crippen LogP contribution in [0.25, 0.3) is 0 Å². The van der Waals surface area contributed by atoms with Gasteiger partial charge < -0.3 is 4.90 Å². The molecular weight excluding hydrogens is 254 g/mol. The van der Waals surface area contributed by atoms with Gasteiger partial charge in [-0.05, 0) is 18.1 Å². The molecule has 0 heterocycles.